The zero-order chi connectivity index (χ0) is 20.7. The van der Waals surface area contributed by atoms with Crippen molar-refractivity contribution in [1.82, 2.24) is 9.62 Å². The molecule has 0 aliphatic heterocycles. The molecule has 0 saturated carbocycles. The van der Waals surface area contributed by atoms with Crippen molar-refractivity contribution in [2.75, 3.05) is 26.7 Å². The highest BCUT2D eigenvalue weighted by Gasteiger charge is 2.17. The number of halogens is 1. The van der Waals surface area contributed by atoms with Crippen molar-refractivity contribution in [2.24, 2.45) is 0 Å². The van der Waals surface area contributed by atoms with Gasteiger partial charge in [0.2, 0.25) is 15.9 Å². The average Bonchev–Trinajstić information content (AvgIpc) is 2.60. The SMILES string of the molecule is Cc1cc(C)cc(OCCN(C)C(=O)CCNS(=O)(=O)c2ccccc2Br)c1. The lowest BCUT2D eigenvalue weighted by Crippen LogP contribution is -2.34. The topological polar surface area (TPSA) is 75.7 Å². The maximum absolute atomic E-state index is 12.3. The Morgan fingerprint density at radius 1 is 1.14 bits per heavy atom. The fourth-order valence-corrected chi connectivity index (χ4v) is 4.70. The Bertz CT molecular complexity index is 911. The number of benzene rings is 2. The van der Waals surface area contributed by atoms with Crippen molar-refractivity contribution in [3.63, 3.8) is 0 Å². The molecular formula is C20H25BrN2O4S. The van der Waals surface area contributed by atoms with Gasteiger partial charge < -0.3 is 9.64 Å². The molecule has 28 heavy (non-hydrogen) atoms. The van der Waals surface area contributed by atoms with Crippen LogP contribution in [-0.2, 0) is 14.8 Å². The van der Waals surface area contributed by atoms with Crippen molar-refractivity contribution >= 4 is 31.9 Å². The van der Waals surface area contributed by atoms with Crippen molar-refractivity contribution in [2.45, 2.75) is 25.2 Å². The van der Waals surface area contributed by atoms with E-state index in [4.69, 9.17) is 4.74 Å². The number of ether oxygens (including phenoxy) is 1. The van der Waals surface area contributed by atoms with Gasteiger partial charge in [-0.1, -0.05) is 18.2 Å². The predicted octanol–water partition coefficient (Wildman–Crippen LogP) is 3.27. The van der Waals surface area contributed by atoms with E-state index in [2.05, 4.69) is 26.7 Å². The maximum Gasteiger partial charge on any atom is 0.241 e. The fourth-order valence-electron chi connectivity index (χ4n) is 2.66. The Balaban J connectivity index is 1.77. The number of aryl methyl sites for hydroxylation is 2. The lowest BCUT2D eigenvalue weighted by molar-refractivity contribution is -0.130. The van der Waals surface area contributed by atoms with Crippen LogP contribution in [0.5, 0.6) is 5.75 Å². The van der Waals surface area contributed by atoms with E-state index in [9.17, 15) is 13.2 Å². The second-order valence-electron chi connectivity index (χ2n) is 6.57. The molecule has 2 aromatic carbocycles. The molecule has 152 valence electrons. The molecule has 2 aromatic rings. The first-order valence-electron chi connectivity index (χ1n) is 8.88. The highest BCUT2D eigenvalue weighted by atomic mass is 79.9. The minimum atomic E-state index is -3.67. The van der Waals surface area contributed by atoms with Gasteiger partial charge in [-0.25, -0.2) is 13.1 Å². The molecule has 2 rings (SSSR count). The maximum atomic E-state index is 12.3. The van der Waals surface area contributed by atoms with Gasteiger partial charge in [0.25, 0.3) is 0 Å². The number of carbonyl (C=O) groups is 1. The van der Waals surface area contributed by atoms with E-state index in [-0.39, 0.29) is 23.8 Å². The van der Waals surface area contributed by atoms with Gasteiger partial charge >= 0.3 is 0 Å². The van der Waals surface area contributed by atoms with Crippen LogP contribution in [0.2, 0.25) is 0 Å². The molecule has 0 radical (unpaired) electrons. The monoisotopic (exact) mass is 468 g/mol. The third-order valence-corrected chi connectivity index (χ3v) is 6.55. The van der Waals surface area contributed by atoms with Crippen molar-refractivity contribution in [3.8, 4) is 5.75 Å². The predicted molar refractivity (Wildman–Crippen MR) is 113 cm³/mol. The second kappa shape index (κ2) is 10.0. The summed E-state index contributed by atoms with van der Waals surface area (Å²) in [5.41, 5.74) is 2.24. The number of amides is 1. The molecule has 0 aromatic heterocycles. The van der Waals surface area contributed by atoms with Gasteiger partial charge in [0, 0.05) is 24.5 Å². The minimum absolute atomic E-state index is 0.0325. The third-order valence-electron chi connectivity index (χ3n) is 4.07. The minimum Gasteiger partial charge on any atom is -0.492 e. The Hall–Kier alpha value is -1.90. The van der Waals surface area contributed by atoms with Crippen LogP contribution >= 0.6 is 15.9 Å². The van der Waals surface area contributed by atoms with Gasteiger partial charge in [-0.15, -0.1) is 0 Å². The van der Waals surface area contributed by atoms with Crippen LogP contribution in [0, 0.1) is 13.8 Å². The van der Waals surface area contributed by atoms with Gasteiger partial charge in [0.1, 0.15) is 12.4 Å². The van der Waals surface area contributed by atoms with Crippen LogP contribution < -0.4 is 9.46 Å². The van der Waals surface area contributed by atoms with Crippen LogP contribution in [0.3, 0.4) is 0 Å². The molecule has 0 aliphatic carbocycles. The van der Waals surface area contributed by atoms with E-state index in [1.165, 1.54) is 11.0 Å². The Morgan fingerprint density at radius 3 is 2.43 bits per heavy atom. The average molecular weight is 469 g/mol. The largest absolute Gasteiger partial charge is 0.492 e. The van der Waals surface area contributed by atoms with E-state index >= 15 is 0 Å². The van der Waals surface area contributed by atoms with Crippen LogP contribution in [-0.4, -0.2) is 46.0 Å². The first-order chi connectivity index (χ1) is 13.2. The number of rotatable bonds is 9. The number of nitrogens with zero attached hydrogens (tertiary/aromatic N) is 1. The molecule has 1 amide bonds. The second-order valence-corrected chi connectivity index (χ2v) is 9.16. The summed E-state index contributed by atoms with van der Waals surface area (Å²) in [6, 6.07) is 12.5. The van der Waals surface area contributed by atoms with Crippen molar-refractivity contribution in [1.29, 1.82) is 0 Å². The first-order valence-corrected chi connectivity index (χ1v) is 11.2. The summed E-state index contributed by atoms with van der Waals surface area (Å²) in [5, 5.41) is 0. The normalized spacial score (nSPS) is 11.3. The third kappa shape index (κ3) is 6.61. The fraction of sp³-hybridized carbons (Fsp3) is 0.350. The van der Waals surface area contributed by atoms with Gasteiger partial charge in [-0.05, 0) is 65.2 Å². The molecule has 8 heteroatoms. The van der Waals surface area contributed by atoms with Crippen LogP contribution in [0.1, 0.15) is 17.5 Å². The van der Waals surface area contributed by atoms with Gasteiger partial charge in [-0.2, -0.15) is 0 Å². The smallest absolute Gasteiger partial charge is 0.241 e. The summed E-state index contributed by atoms with van der Waals surface area (Å²) in [6.07, 6.45) is 0.0732. The lowest BCUT2D eigenvalue weighted by Gasteiger charge is -2.18. The number of sulfonamides is 1. The number of likely N-dealkylation sites (N-methyl/N-ethyl adjacent to an activating group) is 1. The molecule has 6 nitrogen and oxygen atoms in total. The molecule has 0 bridgehead atoms. The quantitative estimate of drug-likeness (QED) is 0.612. The van der Waals surface area contributed by atoms with E-state index in [0.29, 0.717) is 17.6 Å². The highest BCUT2D eigenvalue weighted by Crippen LogP contribution is 2.20. The number of nitrogens with one attached hydrogen (secondary N) is 1. The molecule has 0 spiro atoms. The van der Waals surface area contributed by atoms with E-state index in [0.717, 1.165) is 16.9 Å². The van der Waals surface area contributed by atoms with Gasteiger partial charge in [0.05, 0.1) is 11.4 Å². The summed E-state index contributed by atoms with van der Waals surface area (Å²) in [5.74, 6) is 0.624. The zero-order valence-electron chi connectivity index (χ0n) is 16.2. The summed E-state index contributed by atoms with van der Waals surface area (Å²) < 4.78 is 33.3. The molecule has 0 aliphatic rings. The van der Waals surface area contributed by atoms with Gasteiger partial charge in [0.15, 0.2) is 0 Å². The van der Waals surface area contributed by atoms with Crippen LogP contribution in [0.25, 0.3) is 0 Å². The first kappa shape index (κ1) is 22.4. The number of hydrogen-bond donors (Lipinski definition) is 1. The standard InChI is InChI=1S/C20H25BrN2O4S/c1-15-12-16(2)14-17(13-15)27-11-10-23(3)20(24)8-9-22-28(25,26)19-7-5-4-6-18(19)21/h4-7,12-14,22H,8-11H2,1-3H3. The molecule has 0 saturated heterocycles. The molecule has 0 unspecified atom stereocenters. The number of carbonyl (C=O) groups excluding carboxylic acids is 1. The highest BCUT2D eigenvalue weighted by molar-refractivity contribution is 9.10. The lowest BCUT2D eigenvalue weighted by atomic mass is 10.1. The molecule has 1 N–H and O–H groups in total. The van der Waals surface area contributed by atoms with Crippen LogP contribution in [0.15, 0.2) is 51.8 Å². The number of hydrogen-bond acceptors (Lipinski definition) is 4. The van der Waals surface area contributed by atoms with E-state index in [1.807, 2.05) is 26.0 Å². The van der Waals surface area contributed by atoms with Crippen molar-refractivity contribution < 1.29 is 17.9 Å². The summed E-state index contributed by atoms with van der Waals surface area (Å²) in [6.45, 7) is 4.83. The van der Waals surface area contributed by atoms with E-state index < -0.39 is 10.0 Å². The van der Waals surface area contributed by atoms with Crippen LogP contribution in [0.4, 0.5) is 0 Å². The zero-order valence-corrected chi connectivity index (χ0v) is 18.6. The summed E-state index contributed by atoms with van der Waals surface area (Å²) in [7, 11) is -1.99. The van der Waals surface area contributed by atoms with E-state index in [1.54, 1.807) is 25.2 Å². The van der Waals surface area contributed by atoms with Crippen molar-refractivity contribution in [3.05, 3.63) is 58.1 Å². The van der Waals surface area contributed by atoms with Gasteiger partial charge in [-0.3, -0.25) is 4.79 Å². The summed E-state index contributed by atoms with van der Waals surface area (Å²) >= 11 is 3.22. The Kier molecular flexibility index (Phi) is 8.03. The molecular weight excluding hydrogens is 444 g/mol. The summed E-state index contributed by atoms with van der Waals surface area (Å²) in [4.78, 5) is 13.9. The molecule has 0 fully saturated rings. The molecule has 0 heterocycles. The molecule has 0 atom stereocenters. The Labute approximate surface area is 175 Å². The Morgan fingerprint density at radius 2 is 1.79 bits per heavy atom.